The van der Waals surface area contributed by atoms with Gasteiger partial charge in [0.15, 0.2) is 11.5 Å². The monoisotopic (exact) mass is 307 g/mol. The third-order valence-electron chi connectivity index (χ3n) is 2.47. The molecule has 0 radical (unpaired) electrons. The summed E-state index contributed by atoms with van der Waals surface area (Å²) in [6, 6.07) is 4.72. The number of amides is 1. The Labute approximate surface area is 127 Å². The standard InChI is InChI=1S/C15H17NO6/c1-9(17)16-12(15(19)21-4)7-11-5-6-13(20-3)14(8-11)22-10(2)18/h5-8H,1-4H3,(H,16,17)/b12-7-. The first-order valence-corrected chi connectivity index (χ1v) is 6.31. The lowest BCUT2D eigenvalue weighted by Crippen LogP contribution is -2.25. The van der Waals surface area contributed by atoms with Crippen molar-refractivity contribution < 1.29 is 28.6 Å². The first-order valence-electron chi connectivity index (χ1n) is 6.31. The molecule has 0 fully saturated rings. The molecule has 1 aromatic rings. The quantitative estimate of drug-likeness (QED) is 0.500. The maximum atomic E-state index is 11.6. The van der Waals surface area contributed by atoms with Crippen LogP contribution in [0.2, 0.25) is 0 Å². The van der Waals surface area contributed by atoms with Crippen LogP contribution < -0.4 is 14.8 Å². The van der Waals surface area contributed by atoms with Gasteiger partial charge in [0.2, 0.25) is 5.91 Å². The van der Waals surface area contributed by atoms with Crippen molar-refractivity contribution in [3.63, 3.8) is 0 Å². The summed E-state index contributed by atoms with van der Waals surface area (Å²) in [4.78, 5) is 33.8. The number of rotatable bonds is 5. The average molecular weight is 307 g/mol. The number of methoxy groups -OCH3 is 2. The van der Waals surface area contributed by atoms with E-state index >= 15 is 0 Å². The van der Waals surface area contributed by atoms with E-state index in [0.29, 0.717) is 11.3 Å². The molecule has 0 heterocycles. The molecule has 0 saturated carbocycles. The molecule has 0 aromatic heterocycles. The topological polar surface area (TPSA) is 90.9 Å². The van der Waals surface area contributed by atoms with Crippen LogP contribution in [-0.4, -0.2) is 32.1 Å². The van der Waals surface area contributed by atoms with Crippen LogP contribution in [0.3, 0.4) is 0 Å². The molecule has 7 nitrogen and oxygen atoms in total. The van der Waals surface area contributed by atoms with E-state index in [0.717, 1.165) is 0 Å². The molecule has 0 spiro atoms. The molecule has 0 atom stereocenters. The van der Waals surface area contributed by atoms with Gasteiger partial charge >= 0.3 is 11.9 Å². The summed E-state index contributed by atoms with van der Waals surface area (Å²) in [6.45, 7) is 2.54. The highest BCUT2D eigenvalue weighted by molar-refractivity contribution is 5.97. The van der Waals surface area contributed by atoms with Gasteiger partial charge in [0, 0.05) is 13.8 Å². The predicted molar refractivity (Wildman–Crippen MR) is 78.1 cm³/mol. The molecule has 1 amide bonds. The van der Waals surface area contributed by atoms with Gasteiger partial charge in [-0.05, 0) is 23.8 Å². The fraction of sp³-hybridized carbons (Fsp3) is 0.267. The number of ether oxygens (including phenoxy) is 3. The Hall–Kier alpha value is -2.83. The van der Waals surface area contributed by atoms with Crippen LogP contribution in [0.4, 0.5) is 0 Å². The van der Waals surface area contributed by atoms with E-state index in [1.807, 2.05) is 0 Å². The lowest BCUT2D eigenvalue weighted by atomic mass is 10.1. The highest BCUT2D eigenvalue weighted by atomic mass is 16.6. The molecule has 118 valence electrons. The largest absolute Gasteiger partial charge is 0.493 e. The van der Waals surface area contributed by atoms with Gasteiger partial charge in [-0.25, -0.2) is 4.79 Å². The zero-order valence-electron chi connectivity index (χ0n) is 12.8. The third-order valence-corrected chi connectivity index (χ3v) is 2.47. The van der Waals surface area contributed by atoms with Gasteiger partial charge in [0.1, 0.15) is 5.70 Å². The molecule has 0 bridgehead atoms. The maximum Gasteiger partial charge on any atom is 0.354 e. The molecule has 0 aliphatic rings. The van der Waals surface area contributed by atoms with Gasteiger partial charge in [0.05, 0.1) is 14.2 Å². The van der Waals surface area contributed by atoms with Crippen LogP contribution in [0.25, 0.3) is 6.08 Å². The number of carbonyl (C=O) groups is 3. The van der Waals surface area contributed by atoms with Crippen molar-refractivity contribution in [2.75, 3.05) is 14.2 Å². The number of esters is 2. The lowest BCUT2D eigenvalue weighted by molar-refractivity contribution is -0.137. The summed E-state index contributed by atoms with van der Waals surface area (Å²) < 4.78 is 14.7. The van der Waals surface area contributed by atoms with Crippen molar-refractivity contribution >= 4 is 23.9 Å². The summed E-state index contributed by atoms with van der Waals surface area (Å²) in [5.41, 5.74) is 0.486. The smallest absolute Gasteiger partial charge is 0.354 e. The van der Waals surface area contributed by atoms with Crippen LogP contribution in [0.1, 0.15) is 19.4 Å². The summed E-state index contributed by atoms with van der Waals surface area (Å²) >= 11 is 0. The molecule has 0 aliphatic carbocycles. The van der Waals surface area contributed by atoms with Gasteiger partial charge in [-0.1, -0.05) is 6.07 Å². The minimum absolute atomic E-state index is 0.0334. The molecule has 0 unspecified atom stereocenters. The SMILES string of the molecule is COC(=O)/C(=C/c1ccc(OC)c(OC(C)=O)c1)NC(C)=O. The molecule has 1 N–H and O–H groups in total. The van der Waals surface area contributed by atoms with Gasteiger partial charge in [-0.2, -0.15) is 0 Å². The Morgan fingerprint density at radius 3 is 2.27 bits per heavy atom. The third kappa shape index (κ3) is 4.93. The number of hydrogen-bond donors (Lipinski definition) is 1. The van der Waals surface area contributed by atoms with Gasteiger partial charge in [0.25, 0.3) is 0 Å². The Morgan fingerprint density at radius 1 is 1.09 bits per heavy atom. The number of benzene rings is 1. The second-order valence-electron chi connectivity index (χ2n) is 4.23. The number of carbonyl (C=O) groups excluding carboxylic acids is 3. The minimum atomic E-state index is -0.694. The number of hydrogen-bond acceptors (Lipinski definition) is 6. The summed E-state index contributed by atoms with van der Waals surface area (Å²) in [5.74, 6) is -1.04. The molecule has 7 heteroatoms. The summed E-state index contributed by atoms with van der Waals surface area (Å²) in [5, 5.41) is 2.38. The predicted octanol–water partition coefficient (Wildman–Crippen LogP) is 1.27. The van der Waals surface area contributed by atoms with Crippen molar-refractivity contribution in [1.29, 1.82) is 0 Å². The lowest BCUT2D eigenvalue weighted by Gasteiger charge is -2.10. The molecule has 22 heavy (non-hydrogen) atoms. The first kappa shape index (κ1) is 17.2. The fourth-order valence-electron chi connectivity index (χ4n) is 1.63. The second kappa shape index (κ2) is 7.82. The van der Waals surface area contributed by atoms with Gasteiger partial charge in [-0.3, -0.25) is 9.59 Å². The Bertz CT molecular complexity index is 620. The normalized spacial score (nSPS) is 10.6. The van der Waals surface area contributed by atoms with Crippen LogP contribution in [0.5, 0.6) is 11.5 Å². The highest BCUT2D eigenvalue weighted by Crippen LogP contribution is 2.29. The van der Waals surface area contributed by atoms with E-state index < -0.39 is 17.8 Å². The summed E-state index contributed by atoms with van der Waals surface area (Å²) in [6.07, 6.45) is 1.40. The molecule has 0 aliphatic heterocycles. The van der Waals surface area contributed by atoms with E-state index in [1.54, 1.807) is 12.1 Å². The molecular weight excluding hydrogens is 290 g/mol. The van der Waals surface area contributed by atoms with Crippen LogP contribution in [-0.2, 0) is 19.1 Å². The van der Waals surface area contributed by atoms with Crippen LogP contribution >= 0.6 is 0 Å². The van der Waals surface area contributed by atoms with Gasteiger partial charge < -0.3 is 19.5 Å². The molecule has 1 aromatic carbocycles. The van der Waals surface area contributed by atoms with Crippen molar-refractivity contribution in [3.05, 3.63) is 29.5 Å². The molecule has 1 rings (SSSR count). The maximum absolute atomic E-state index is 11.6. The van der Waals surface area contributed by atoms with E-state index in [4.69, 9.17) is 9.47 Å². The minimum Gasteiger partial charge on any atom is -0.493 e. The summed E-state index contributed by atoms with van der Waals surface area (Å²) in [7, 11) is 2.64. The second-order valence-corrected chi connectivity index (χ2v) is 4.23. The Balaban J connectivity index is 3.22. The van der Waals surface area contributed by atoms with E-state index in [2.05, 4.69) is 10.1 Å². The van der Waals surface area contributed by atoms with Crippen molar-refractivity contribution in [2.24, 2.45) is 0 Å². The average Bonchev–Trinajstić information content (AvgIpc) is 2.45. The van der Waals surface area contributed by atoms with Crippen molar-refractivity contribution in [3.8, 4) is 11.5 Å². The Kier molecular flexibility index (Phi) is 6.12. The van der Waals surface area contributed by atoms with E-state index in [1.165, 1.54) is 40.2 Å². The Morgan fingerprint density at radius 2 is 1.77 bits per heavy atom. The van der Waals surface area contributed by atoms with Gasteiger partial charge in [-0.15, -0.1) is 0 Å². The van der Waals surface area contributed by atoms with E-state index in [9.17, 15) is 14.4 Å². The fourth-order valence-corrected chi connectivity index (χ4v) is 1.63. The highest BCUT2D eigenvalue weighted by Gasteiger charge is 2.13. The zero-order chi connectivity index (χ0) is 16.7. The molecule has 0 saturated heterocycles. The van der Waals surface area contributed by atoms with Crippen LogP contribution in [0.15, 0.2) is 23.9 Å². The zero-order valence-corrected chi connectivity index (χ0v) is 12.8. The molecular formula is C15H17NO6. The van der Waals surface area contributed by atoms with Crippen molar-refractivity contribution in [2.45, 2.75) is 13.8 Å². The first-order chi connectivity index (χ1) is 10.4. The van der Waals surface area contributed by atoms with E-state index in [-0.39, 0.29) is 11.4 Å². The number of nitrogens with one attached hydrogen (secondary N) is 1. The van der Waals surface area contributed by atoms with Crippen molar-refractivity contribution in [1.82, 2.24) is 5.32 Å². The van der Waals surface area contributed by atoms with Crippen LogP contribution in [0, 0.1) is 0 Å².